The van der Waals surface area contributed by atoms with Gasteiger partial charge in [-0.25, -0.2) is 9.59 Å². The van der Waals surface area contributed by atoms with Crippen LogP contribution in [0.5, 0.6) is 28.7 Å². The molecule has 3 aromatic rings. The maximum Gasteiger partial charge on any atom is 0.343 e. The van der Waals surface area contributed by atoms with E-state index in [1.807, 2.05) is 0 Å². The van der Waals surface area contributed by atoms with Gasteiger partial charge in [0.2, 0.25) is 0 Å². The molecule has 0 aromatic heterocycles. The number of esters is 2. The number of benzene rings is 3. The summed E-state index contributed by atoms with van der Waals surface area (Å²) in [6.07, 6.45) is 16.1. The fourth-order valence-electron chi connectivity index (χ4n) is 4.93. The average molecular weight is 647 g/mol. The van der Waals surface area contributed by atoms with Gasteiger partial charge in [-0.3, -0.25) is 0 Å². The number of hydrogen-bond acceptors (Lipinski definition) is 7. The molecule has 7 nitrogen and oxygen atoms in total. The smallest absolute Gasteiger partial charge is 0.343 e. The Balaban J connectivity index is 1.55. The van der Waals surface area contributed by atoms with E-state index in [0.717, 1.165) is 38.5 Å². The first-order valence-electron chi connectivity index (χ1n) is 17.7. The van der Waals surface area contributed by atoms with Gasteiger partial charge in [-0.1, -0.05) is 91.4 Å². The number of hydrogen-bond donors (Lipinski definition) is 0. The number of unbranched alkanes of at least 4 members (excludes halogenated alkanes) is 11. The molecule has 0 fully saturated rings. The Morgan fingerprint density at radius 2 is 0.851 bits per heavy atom. The molecular weight excluding hydrogens is 592 g/mol. The molecule has 0 aliphatic rings. The van der Waals surface area contributed by atoms with Gasteiger partial charge in [0.05, 0.1) is 30.9 Å². The summed E-state index contributed by atoms with van der Waals surface area (Å²) < 4.78 is 29.0. The Kier molecular flexibility index (Phi) is 17.9. The lowest BCUT2D eigenvalue weighted by Gasteiger charge is -2.14. The van der Waals surface area contributed by atoms with E-state index in [1.54, 1.807) is 66.7 Å². The highest BCUT2D eigenvalue weighted by atomic mass is 16.5. The standard InChI is InChI=1S/C40H54O7/c1-4-7-10-12-14-16-29-44-37-27-20-33(31-38(37)45-30-17-15-13-11-8-5-2)40(42)47-36-25-23-35(24-26-36)46-39(41)32-18-21-34(22-19-32)43-28-9-6-3/h18-27,31H,4-17,28-30H2,1-3H3. The van der Waals surface area contributed by atoms with Crippen molar-refractivity contribution >= 4 is 11.9 Å². The van der Waals surface area contributed by atoms with Crippen molar-refractivity contribution in [1.29, 1.82) is 0 Å². The summed E-state index contributed by atoms with van der Waals surface area (Å²) in [4.78, 5) is 25.7. The summed E-state index contributed by atoms with van der Waals surface area (Å²) in [7, 11) is 0. The molecule has 0 amide bonds. The van der Waals surface area contributed by atoms with Crippen LogP contribution in [0.4, 0.5) is 0 Å². The van der Waals surface area contributed by atoms with Crippen molar-refractivity contribution in [3.05, 3.63) is 77.9 Å². The van der Waals surface area contributed by atoms with Crippen LogP contribution in [0.25, 0.3) is 0 Å². The molecule has 47 heavy (non-hydrogen) atoms. The van der Waals surface area contributed by atoms with Crippen LogP contribution in [0.2, 0.25) is 0 Å². The second-order valence-corrected chi connectivity index (χ2v) is 11.9. The third-order valence-corrected chi connectivity index (χ3v) is 7.79. The molecule has 0 saturated heterocycles. The predicted octanol–water partition coefficient (Wildman–Crippen LogP) is 10.8. The third-order valence-electron chi connectivity index (χ3n) is 7.79. The van der Waals surface area contributed by atoms with Crippen molar-refractivity contribution < 1.29 is 33.3 Å². The molecule has 0 saturated carbocycles. The molecule has 0 aliphatic carbocycles. The minimum absolute atomic E-state index is 0.335. The Labute approximate surface area is 281 Å². The summed E-state index contributed by atoms with van der Waals surface area (Å²) in [5, 5.41) is 0. The summed E-state index contributed by atoms with van der Waals surface area (Å²) in [6, 6.07) is 18.4. The van der Waals surface area contributed by atoms with E-state index in [4.69, 9.17) is 23.7 Å². The summed E-state index contributed by atoms with van der Waals surface area (Å²) >= 11 is 0. The molecule has 0 N–H and O–H groups in total. The molecule has 0 heterocycles. The lowest BCUT2D eigenvalue weighted by atomic mass is 10.1. The molecular formula is C40H54O7. The molecule has 0 bridgehead atoms. The zero-order valence-electron chi connectivity index (χ0n) is 28.7. The van der Waals surface area contributed by atoms with Crippen molar-refractivity contribution in [3.63, 3.8) is 0 Å². The van der Waals surface area contributed by atoms with Gasteiger partial charge in [-0.05, 0) is 86.0 Å². The van der Waals surface area contributed by atoms with E-state index in [-0.39, 0.29) is 0 Å². The Bertz CT molecular complexity index is 1300. The molecule has 0 atom stereocenters. The van der Waals surface area contributed by atoms with Crippen LogP contribution >= 0.6 is 0 Å². The third kappa shape index (κ3) is 14.5. The van der Waals surface area contributed by atoms with Crippen LogP contribution in [0.3, 0.4) is 0 Å². The maximum absolute atomic E-state index is 13.1. The highest BCUT2D eigenvalue weighted by Crippen LogP contribution is 2.30. The minimum atomic E-state index is -0.511. The molecule has 7 heteroatoms. The summed E-state index contributed by atoms with van der Waals surface area (Å²) in [6.45, 7) is 8.36. The number of carbonyl (C=O) groups excluding carboxylic acids is 2. The topological polar surface area (TPSA) is 80.3 Å². The van der Waals surface area contributed by atoms with Gasteiger partial charge in [0.1, 0.15) is 17.2 Å². The first kappa shape index (κ1) is 37.5. The monoisotopic (exact) mass is 646 g/mol. The quantitative estimate of drug-likeness (QED) is 0.0544. The molecule has 256 valence electrons. The summed E-state index contributed by atoms with van der Waals surface area (Å²) in [5.74, 6) is 1.60. The Hall–Kier alpha value is -4.00. The van der Waals surface area contributed by atoms with Crippen LogP contribution in [0, 0.1) is 0 Å². The van der Waals surface area contributed by atoms with Crippen LogP contribution in [0.1, 0.15) is 131 Å². The lowest BCUT2D eigenvalue weighted by molar-refractivity contribution is 0.0719. The predicted molar refractivity (Wildman–Crippen MR) is 187 cm³/mol. The van der Waals surface area contributed by atoms with Gasteiger partial charge in [0, 0.05) is 0 Å². The van der Waals surface area contributed by atoms with Gasteiger partial charge in [0.25, 0.3) is 0 Å². The van der Waals surface area contributed by atoms with Gasteiger partial charge < -0.3 is 23.7 Å². The second-order valence-electron chi connectivity index (χ2n) is 11.9. The highest BCUT2D eigenvalue weighted by Gasteiger charge is 2.15. The fourth-order valence-corrected chi connectivity index (χ4v) is 4.93. The van der Waals surface area contributed by atoms with E-state index < -0.39 is 11.9 Å². The number of carbonyl (C=O) groups is 2. The molecule has 0 radical (unpaired) electrons. The Morgan fingerprint density at radius 3 is 1.40 bits per heavy atom. The van der Waals surface area contributed by atoms with E-state index in [0.29, 0.717) is 59.7 Å². The van der Waals surface area contributed by atoms with Crippen molar-refractivity contribution in [2.24, 2.45) is 0 Å². The van der Waals surface area contributed by atoms with Crippen molar-refractivity contribution in [2.75, 3.05) is 19.8 Å². The van der Waals surface area contributed by atoms with Gasteiger partial charge in [0.15, 0.2) is 11.5 Å². The fraction of sp³-hybridized carbons (Fsp3) is 0.500. The SMILES string of the molecule is CCCCCCCCOc1ccc(C(=O)Oc2ccc(OC(=O)c3ccc(OCCCC)cc3)cc2)cc1OCCCCCCCC. The molecule has 3 rings (SSSR count). The Morgan fingerprint density at radius 1 is 0.426 bits per heavy atom. The van der Waals surface area contributed by atoms with Gasteiger partial charge in [-0.2, -0.15) is 0 Å². The first-order valence-corrected chi connectivity index (χ1v) is 17.7. The first-order chi connectivity index (χ1) is 23.0. The number of rotatable bonds is 24. The lowest BCUT2D eigenvalue weighted by Crippen LogP contribution is -2.10. The zero-order chi connectivity index (χ0) is 33.5. The summed E-state index contributed by atoms with van der Waals surface area (Å²) in [5.41, 5.74) is 0.782. The van der Waals surface area contributed by atoms with Crippen LogP contribution in [-0.4, -0.2) is 31.8 Å². The van der Waals surface area contributed by atoms with Crippen LogP contribution in [-0.2, 0) is 0 Å². The van der Waals surface area contributed by atoms with Crippen LogP contribution in [0.15, 0.2) is 66.7 Å². The van der Waals surface area contributed by atoms with E-state index in [2.05, 4.69) is 20.8 Å². The number of ether oxygens (including phenoxy) is 5. The van der Waals surface area contributed by atoms with Crippen molar-refractivity contribution in [2.45, 2.75) is 111 Å². The molecule has 0 aliphatic heterocycles. The van der Waals surface area contributed by atoms with Crippen molar-refractivity contribution in [1.82, 2.24) is 0 Å². The van der Waals surface area contributed by atoms with Crippen LogP contribution < -0.4 is 23.7 Å². The second kappa shape index (κ2) is 22.5. The normalized spacial score (nSPS) is 10.8. The average Bonchev–Trinajstić information content (AvgIpc) is 3.09. The molecule has 0 unspecified atom stereocenters. The highest BCUT2D eigenvalue weighted by molar-refractivity contribution is 5.92. The van der Waals surface area contributed by atoms with Gasteiger partial charge in [-0.15, -0.1) is 0 Å². The maximum atomic E-state index is 13.1. The van der Waals surface area contributed by atoms with E-state index in [1.165, 1.54) is 51.4 Å². The molecule has 0 spiro atoms. The van der Waals surface area contributed by atoms with E-state index in [9.17, 15) is 9.59 Å². The zero-order valence-corrected chi connectivity index (χ0v) is 28.7. The molecule has 3 aromatic carbocycles. The van der Waals surface area contributed by atoms with Gasteiger partial charge >= 0.3 is 11.9 Å². The largest absolute Gasteiger partial charge is 0.494 e. The van der Waals surface area contributed by atoms with E-state index >= 15 is 0 Å². The minimum Gasteiger partial charge on any atom is -0.494 e. The van der Waals surface area contributed by atoms with Crippen molar-refractivity contribution in [3.8, 4) is 28.7 Å².